The summed E-state index contributed by atoms with van der Waals surface area (Å²) < 4.78 is 6.21. The molecule has 130 valence electrons. The van der Waals surface area contributed by atoms with Gasteiger partial charge < -0.3 is 4.74 Å². The summed E-state index contributed by atoms with van der Waals surface area (Å²) in [6.45, 7) is 5.10. The Kier molecular flexibility index (Phi) is 3.80. The monoisotopic (exact) mass is 325 g/mol. The van der Waals surface area contributed by atoms with Crippen LogP contribution >= 0.6 is 0 Å². The second-order valence-corrected chi connectivity index (χ2v) is 8.35. The molecule has 2 saturated carbocycles. The lowest BCUT2D eigenvalue weighted by Gasteiger charge is -2.44. The van der Waals surface area contributed by atoms with E-state index in [2.05, 4.69) is 63.2 Å². The molecule has 1 aromatic carbocycles. The van der Waals surface area contributed by atoms with Gasteiger partial charge in [0.15, 0.2) is 0 Å². The second kappa shape index (κ2) is 5.62. The number of benzene rings is 1. The van der Waals surface area contributed by atoms with Gasteiger partial charge in [-0.3, -0.25) is 4.90 Å². The molecule has 0 aliphatic heterocycles. The van der Waals surface area contributed by atoms with Crippen LogP contribution in [-0.4, -0.2) is 31.1 Å². The van der Waals surface area contributed by atoms with E-state index in [0.717, 1.165) is 6.61 Å². The molecule has 0 saturated heterocycles. The first-order valence-electron chi connectivity index (χ1n) is 9.64. The zero-order chi connectivity index (χ0) is 16.9. The highest BCUT2D eigenvalue weighted by Gasteiger charge is 2.69. The fraction of sp³-hybridized carbons (Fsp3) is 0.636. The molecule has 2 heteroatoms. The maximum atomic E-state index is 6.21. The molecule has 3 aliphatic carbocycles. The van der Waals surface area contributed by atoms with Gasteiger partial charge in [0.1, 0.15) is 5.76 Å². The van der Waals surface area contributed by atoms with Crippen LogP contribution in [0.3, 0.4) is 0 Å². The second-order valence-electron chi connectivity index (χ2n) is 8.35. The van der Waals surface area contributed by atoms with Crippen molar-refractivity contribution in [2.45, 2.75) is 57.4 Å². The summed E-state index contributed by atoms with van der Waals surface area (Å²) in [6, 6.07) is 9.28. The predicted octanol–water partition coefficient (Wildman–Crippen LogP) is 4.89. The zero-order valence-corrected chi connectivity index (χ0v) is 15.6. The first kappa shape index (κ1) is 16.2. The molecular weight excluding hydrogens is 294 g/mol. The van der Waals surface area contributed by atoms with E-state index in [1.54, 1.807) is 0 Å². The van der Waals surface area contributed by atoms with Crippen molar-refractivity contribution >= 4 is 0 Å². The smallest absolute Gasteiger partial charge is 0.100 e. The molecule has 2 fully saturated rings. The van der Waals surface area contributed by atoms with Gasteiger partial charge in [0, 0.05) is 11.3 Å². The first-order chi connectivity index (χ1) is 11.5. The van der Waals surface area contributed by atoms with Crippen LogP contribution in [0.1, 0.15) is 56.1 Å². The van der Waals surface area contributed by atoms with Gasteiger partial charge in [-0.25, -0.2) is 0 Å². The summed E-state index contributed by atoms with van der Waals surface area (Å²) in [6.07, 6.45) is 9.15. The maximum absolute atomic E-state index is 6.21. The SMILES string of the molecule is CCOC1=C[C@@]2(N(C)C)[C@@H](c3ccc(C)cc3)C[C@@]13CCCC[C@H]32. The number of rotatable bonds is 4. The summed E-state index contributed by atoms with van der Waals surface area (Å²) in [5, 5.41) is 0. The topological polar surface area (TPSA) is 12.5 Å². The molecule has 2 bridgehead atoms. The van der Waals surface area contributed by atoms with Gasteiger partial charge in [-0.2, -0.15) is 0 Å². The van der Waals surface area contributed by atoms with Crippen molar-refractivity contribution in [1.82, 2.24) is 4.90 Å². The van der Waals surface area contributed by atoms with E-state index in [1.807, 2.05) is 0 Å². The van der Waals surface area contributed by atoms with Crippen molar-refractivity contribution in [1.29, 1.82) is 0 Å². The van der Waals surface area contributed by atoms with Crippen LogP contribution in [0.4, 0.5) is 0 Å². The van der Waals surface area contributed by atoms with Crippen LogP contribution in [-0.2, 0) is 4.74 Å². The van der Waals surface area contributed by atoms with Crippen LogP contribution < -0.4 is 0 Å². The Hall–Kier alpha value is -1.28. The molecule has 1 aromatic rings. The van der Waals surface area contributed by atoms with E-state index in [1.165, 1.54) is 49.0 Å². The van der Waals surface area contributed by atoms with Crippen molar-refractivity contribution in [3.05, 3.63) is 47.2 Å². The van der Waals surface area contributed by atoms with E-state index in [4.69, 9.17) is 4.74 Å². The zero-order valence-electron chi connectivity index (χ0n) is 15.6. The normalized spacial score (nSPS) is 37.5. The Morgan fingerprint density at radius 1 is 1.17 bits per heavy atom. The molecule has 0 heterocycles. The minimum atomic E-state index is 0.125. The van der Waals surface area contributed by atoms with Crippen molar-refractivity contribution in [3.63, 3.8) is 0 Å². The third-order valence-electron chi connectivity index (χ3n) is 7.12. The number of nitrogens with zero attached hydrogens (tertiary/aromatic N) is 1. The van der Waals surface area contributed by atoms with Gasteiger partial charge in [0.25, 0.3) is 0 Å². The standard InChI is InChI=1S/C22H31NO/c1-5-24-20-15-22(23(3)4)18(17-11-9-16(2)10-12-17)14-21(20)13-7-6-8-19(21)22/h9-12,15,18-19H,5-8,13-14H2,1-4H3/t18-,19-,21-,22-/m1/s1. The first-order valence-corrected chi connectivity index (χ1v) is 9.64. The lowest BCUT2D eigenvalue weighted by molar-refractivity contribution is 0.0570. The van der Waals surface area contributed by atoms with Crippen LogP contribution in [0.15, 0.2) is 36.1 Å². The van der Waals surface area contributed by atoms with Crippen LogP contribution in [0.5, 0.6) is 0 Å². The molecule has 0 spiro atoms. The quantitative estimate of drug-likeness (QED) is 0.781. The van der Waals surface area contributed by atoms with Gasteiger partial charge >= 0.3 is 0 Å². The lowest BCUT2D eigenvalue weighted by atomic mass is 9.67. The fourth-order valence-corrected chi connectivity index (χ4v) is 6.16. The Balaban J connectivity index is 1.84. The van der Waals surface area contributed by atoms with Gasteiger partial charge in [-0.15, -0.1) is 0 Å². The average molecular weight is 325 g/mol. The van der Waals surface area contributed by atoms with Crippen molar-refractivity contribution in [2.75, 3.05) is 20.7 Å². The Morgan fingerprint density at radius 2 is 1.92 bits per heavy atom. The van der Waals surface area contributed by atoms with Crippen LogP contribution in [0, 0.1) is 18.3 Å². The fourth-order valence-electron chi connectivity index (χ4n) is 6.16. The number of ether oxygens (including phenoxy) is 1. The summed E-state index contributed by atoms with van der Waals surface area (Å²) in [4.78, 5) is 2.50. The highest BCUT2D eigenvalue weighted by atomic mass is 16.5. The summed E-state index contributed by atoms with van der Waals surface area (Å²) in [5.74, 6) is 2.61. The molecule has 4 rings (SSSR count). The van der Waals surface area contributed by atoms with Gasteiger partial charge in [-0.05, 0) is 64.8 Å². The van der Waals surface area contributed by atoms with Gasteiger partial charge in [0.2, 0.25) is 0 Å². The highest BCUT2D eigenvalue weighted by molar-refractivity contribution is 5.44. The summed E-state index contributed by atoms with van der Waals surface area (Å²) in [5.41, 5.74) is 3.27. The molecule has 24 heavy (non-hydrogen) atoms. The van der Waals surface area contributed by atoms with Crippen molar-refractivity contribution in [2.24, 2.45) is 11.3 Å². The summed E-state index contributed by atoms with van der Waals surface area (Å²) >= 11 is 0. The van der Waals surface area contributed by atoms with Crippen molar-refractivity contribution < 1.29 is 4.74 Å². The largest absolute Gasteiger partial charge is 0.498 e. The highest BCUT2D eigenvalue weighted by Crippen LogP contribution is 2.71. The maximum Gasteiger partial charge on any atom is 0.100 e. The Bertz CT molecular complexity index is 646. The molecule has 0 aromatic heterocycles. The van der Waals surface area contributed by atoms with Crippen LogP contribution in [0.25, 0.3) is 0 Å². The van der Waals surface area contributed by atoms with E-state index < -0.39 is 0 Å². The molecule has 4 atom stereocenters. The van der Waals surface area contributed by atoms with Crippen LogP contribution in [0.2, 0.25) is 0 Å². The number of aryl methyl sites for hydroxylation is 1. The molecule has 0 amide bonds. The molecular formula is C22H31NO. The predicted molar refractivity (Wildman–Crippen MR) is 99.1 cm³/mol. The molecule has 0 N–H and O–H groups in total. The third kappa shape index (κ3) is 1.98. The molecule has 3 aliphatic rings. The minimum Gasteiger partial charge on any atom is -0.498 e. The van der Waals surface area contributed by atoms with E-state index in [-0.39, 0.29) is 11.0 Å². The number of hydrogen-bond donors (Lipinski definition) is 0. The van der Waals surface area contributed by atoms with Gasteiger partial charge in [-0.1, -0.05) is 42.7 Å². The number of hydrogen-bond acceptors (Lipinski definition) is 2. The van der Waals surface area contributed by atoms with Gasteiger partial charge in [0.05, 0.1) is 12.1 Å². The van der Waals surface area contributed by atoms with E-state index >= 15 is 0 Å². The molecule has 0 radical (unpaired) electrons. The van der Waals surface area contributed by atoms with Crippen molar-refractivity contribution in [3.8, 4) is 0 Å². The van der Waals surface area contributed by atoms with E-state index in [9.17, 15) is 0 Å². The third-order valence-corrected chi connectivity index (χ3v) is 7.12. The Labute approximate surface area is 146 Å². The van der Waals surface area contributed by atoms with E-state index in [0.29, 0.717) is 11.8 Å². The number of allylic oxidation sites excluding steroid dienone is 1. The average Bonchev–Trinajstić information content (AvgIpc) is 3.03. The summed E-state index contributed by atoms with van der Waals surface area (Å²) in [7, 11) is 4.55. The molecule has 0 unspecified atom stereocenters. The minimum absolute atomic E-state index is 0.125. The Morgan fingerprint density at radius 3 is 2.58 bits per heavy atom. The number of likely N-dealkylation sites (N-methyl/N-ethyl adjacent to an activating group) is 1. The molecule has 2 nitrogen and oxygen atoms in total. The lowest BCUT2D eigenvalue weighted by Crippen LogP contribution is -2.49.